The molecule has 5 nitrogen and oxygen atoms in total. The standard InChI is InChI=1S/C31H24N4O/c32-17-23-29(24-18-33-24)31(35-27-15-7-3-11-21(27)22-12-4-8-16-28(22)35)36-30(23)34-25-13-5-1-9-19(25)20-10-2-6-14-26(20)34/h1,3,5-9,11,13-16,24,33H,2,4,10,12,18H2. The molecule has 1 unspecified atom stereocenters. The van der Waals surface area contributed by atoms with Crippen molar-refractivity contribution in [2.45, 2.75) is 31.7 Å². The number of fused-ring (bicyclic) bond motifs is 6. The topological polar surface area (TPSA) is 68.7 Å². The third kappa shape index (κ3) is 2.62. The van der Waals surface area contributed by atoms with E-state index in [-0.39, 0.29) is 6.04 Å². The molecule has 1 fully saturated rings. The van der Waals surface area contributed by atoms with Gasteiger partial charge in [-0.3, -0.25) is 9.13 Å². The first-order valence-electron chi connectivity index (χ1n) is 12.7. The van der Waals surface area contributed by atoms with Gasteiger partial charge in [0.25, 0.3) is 0 Å². The van der Waals surface area contributed by atoms with Crippen LogP contribution in [0.25, 0.3) is 45.7 Å². The van der Waals surface area contributed by atoms with Gasteiger partial charge >= 0.3 is 0 Å². The van der Waals surface area contributed by atoms with Gasteiger partial charge in [0, 0.05) is 17.3 Å². The fraction of sp³-hybridized carbons (Fsp3) is 0.194. The molecule has 5 heteroatoms. The smallest absolute Gasteiger partial charge is 0.225 e. The summed E-state index contributed by atoms with van der Waals surface area (Å²) in [5.41, 5.74) is 8.75. The average molecular weight is 469 g/mol. The number of hydrogen-bond acceptors (Lipinski definition) is 3. The lowest BCUT2D eigenvalue weighted by atomic mass is 10.0. The Kier molecular flexibility index (Phi) is 4.09. The molecule has 4 heterocycles. The van der Waals surface area contributed by atoms with E-state index in [9.17, 15) is 5.26 Å². The van der Waals surface area contributed by atoms with Gasteiger partial charge in [0.15, 0.2) is 0 Å². The Balaban J connectivity index is 1.49. The molecular weight excluding hydrogens is 444 g/mol. The van der Waals surface area contributed by atoms with Crippen molar-refractivity contribution < 1.29 is 4.42 Å². The van der Waals surface area contributed by atoms with E-state index >= 15 is 0 Å². The maximum Gasteiger partial charge on any atom is 0.225 e. The Bertz CT molecular complexity index is 1810. The van der Waals surface area contributed by atoms with Gasteiger partial charge in [0.2, 0.25) is 11.8 Å². The highest BCUT2D eigenvalue weighted by Gasteiger charge is 2.37. The van der Waals surface area contributed by atoms with Crippen LogP contribution in [-0.4, -0.2) is 15.7 Å². The largest absolute Gasteiger partial charge is 0.422 e. The summed E-state index contributed by atoms with van der Waals surface area (Å²) in [5, 5.41) is 16.5. The van der Waals surface area contributed by atoms with E-state index in [1.807, 2.05) is 0 Å². The van der Waals surface area contributed by atoms with Crippen molar-refractivity contribution >= 4 is 34.0 Å². The van der Waals surface area contributed by atoms with Crippen molar-refractivity contribution in [2.75, 3.05) is 6.54 Å². The molecule has 2 aliphatic carbocycles. The van der Waals surface area contributed by atoms with Crippen LogP contribution in [0.2, 0.25) is 0 Å². The Hall–Kier alpha value is -4.27. The number of benzene rings is 2. The molecule has 0 saturated carbocycles. The summed E-state index contributed by atoms with van der Waals surface area (Å²) in [6, 6.07) is 19.7. The van der Waals surface area contributed by atoms with Crippen LogP contribution in [0, 0.1) is 11.3 Å². The fourth-order valence-electron chi connectivity index (χ4n) is 6.25. The van der Waals surface area contributed by atoms with E-state index in [0.717, 1.165) is 66.1 Å². The number of furan rings is 1. The zero-order chi connectivity index (χ0) is 23.8. The van der Waals surface area contributed by atoms with Gasteiger partial charge < -0.3 is 9.73 Å². The van der Waals surface area contributed by atoms with E-state index in [1.54, 1.807) is 0 Å². The SMILES string of the molecule is N#Cc1c(-n2c3c(c4ccccc42)CCC=C3)oc(-n2c3c(c4ccccc42)CCC=C3)c1C1CN1. The number of nitriles is 1. The van der Waals surface area contributed by atoms with Crippen molar-refractivity contribution in [1.82, 2.24) is 14.5 Å². The molecular formula is C31H24N4O. The molecule has 1 N–H and O–H groups in total. The predicted octanol–water partition coefficient (Wildman–Crippen LogP) is 6.60. The molecule has 3 aromatic heterocycles. The number of allylic oxidation sites excluding steroid dienone is 2. The van der Waals surface area contributed by atoms with Crippen LogP contribution in [0.15, 0.2) is 65.1 Å². The molecule has 0 amide bonds. The first-order valence-corrected chi connectivity index (χ1v) is 12.7. The average Bonchev–Trinajstić information content (AvgIpc) is 3.51. The van der Waals surface area contributed by atoms with Gasteiger partial charge in [-0.1, -0.05) is 48.6 Å². The first kappa shape index (κ1) is 20.0. The van der Waals surface area contributed by atoms with Crippen molar-refractivity contribution in [3.63, 3.8) is 0 Å². The van der Waals surface area contributed by atoms with Crippen molar-refractivity contribution in [3.05, 3.63) is 94.3 Å². The Morgan fingerprint density at radius 3 is 1.92 bits per heavy atom. The quantitative estimate of drug-likeness (QED) is 0.303. The van der Waals surface area contributed by atoms with E-state index in [1.165, 1.54) is 21.9 Å². The number of rotatable bonds is 3. The minimum atomic E-state index is 0.115. The molecule has 174 valence electrons. The highest BCUT2D eigenvalue weighted by Crippen LogP contribution is 2.44. The van der Waals surface area contributed by atoms with Crippen LogP contribution in [-0.2, 0) is 12.8 Å². The summed E-state index contributed by atoms with van der Waals surface area (Å²) in [7, 11) is 0. The number of nitrogens with zero attached hydrogens (tertiary/aromatic N) is 3. The molecule has 5 aromatic rings. The number of aromatic nitrogens is 2. The van der Waals surface area contributed by atoms with Gasteiger partial charge in [-0.15, -0.1) is 0 Å². The van der Waals surface area contributed by atoms with E-state index in [2.05, 4.69) is 93.4 Å². The third-order valence-electron chi connectivity index (χ3n) is 7.90. The highest BCUT2D eigenvalue weighted by molar-refractivity contribution is 5.92. The zero-order valence-electron chi connectivity index (χ0n) is 19.8. The minimum Gasteiger partial charge on any atom is -0.422 e. The van der Waals surface area contributed by atoms with Gasteiger partial charge in [0.1, 0.15) is 11.6 Å². The van der Waals surface area contributed by atoms with E-state index in [4.69, 9.17) is 4.42 Å². The molecule has 36 heavy (non-hydrogen) atoms. The van der Waals surface area contributed by atoms with Crippen LogP contribution in [0.5, 0.6) is 0 Å². The van der Waals surface area contributed by atoms with Crippen LogP contribution in [0.1, 0.15) is 52.5 Å². The summed E-state index contributed by atoms with van der Waals surface area (Å²) < 4.78 is 11.3. The first-order chi connectivity index (χ1) is 17.8. The van der Waals surface area contributed by atoms with Crippen LogP contribution in [0.4, 0.5) is 0 Å². The van der Waals surface area contributed by atoms with Gasteiger partial charge in [-0.25, -0.2) is 0 Å². The lowest BCUT2D eigenvalue weighted by molar-refractivity contribution is 0.517. The molecule has 2 aromatic carbocycles. The second-order valence-corrected chi connectivity index (χ2v) is 9.89. The van der Waals surface area contributed by atoms with Gasteiger partial charge in [-0.05, 0) is 61.1 Å². The molecule has 3 aliphatic rings. The highest BCUT2D eigenvalue weighted by atomic mass is 16.4. The number of nitrogens with one attached hydrogen (secondary N) is 1. The van der Waals surface area contributed by atoms with Crippen molar-refractivity contribution in [3.8, 4) is 17.8 Å². The maximum absolute atomic E-state index is 10.5. The summed E-state index contributed by atoms with van der Waals surface area (Å²) in [5.74, 6) is 1.37. The monoisotopic (exact) mass is 468 g/mol. The summed E-state index contributed by atoms with van der Waals surface area (Å²) in [6.07, 6.45) is 12.9. The van der Waals surface area contributed by atoms with E-state index in [0.29, 0.717) is 11.4 Å². The summed E-state index contributed by atoms with van der Waals surface area (Å²) in [6.45, 7) is 0.850. The Labute approximate surface area is 208 Å². The number of hydrogen-bond donors (Lipinski definition) is 1. The molecule has 0 radical (unpaired) electrons. The van der Waals surface area contributed by atoms with Crippen LogP contribution in [0.3, 0.4) is 0 Å². The molecule has 0 bridgehead atoms. The van der Waals surface area contributed by atoms with E-state index < -0.39 is 0 Å². The lowest BCUT2D eigenvalue weighted by Crippen LogP contribution is -2.02. The predicted molar refractivity (Wildman–Crippen MR) is 143 cm³/mol. The number of para-hydroxylation sites is 2. The second kappa shape index (κ2) is 7.36. The van der Waals surface area contributed by atoms with Crippen LogP contribution < -0.4 is 5.32 Å². The molecule has 1 aliphatic heterocycles. The second-order valence-electron chi connectivity index (χ2n) is 9.89. The van der Waals surface area contributed by atoms with Crippen molar-refractivity contribution in [2.24, 2.45) is 0 Å². The minimum absolute atomic E-state index is 0.115. The van der Waals surface area contributed by atoms with Crippen LogP contribution >= 0.6 is 0 Å². The molecule has 8 rings (SSSR count). The molecule has 0 spiro atoms. The third-order valence-corrected chi connectivity index (χ3v) is 7.90. The summed E-state index contributed by atoms with van der Waals surface area (Å²) >= 11 is 0. The van der Waals surface area contributed by atoms with Gasteiger partial charge in [-0.2, -0.15) is 5.26 Å². The summed E-state index contributed by atoms with van der Waals surface area (Å²) in [4.78, 5) is 0. The maximum atomic E-state index is 10.5. The lowest BCUT2D eigenvalue weighted by Gasteiger charge is -2.11. The Morgan fingerprint density at radius 1 is 0.806 bits per heavy atom. The van der Waals surface area contributed by atoms with Crippen molar-refractivity contribution in [1.29, 1.82) is 5.26 Å². The Morgan fingerprint density at radius 2 is 1.36 bits per heavy atom. The van der Waals surface area contributed by atoms with Gasteiger partial charge in [0.05, 0.1) is 34.0 Å². The normalized spacial score (nSPS) is 17.9. The molecule has 1 atom stereocenters. The number of aryl methyl sites for hydroxylation is 2. The zero-order valence-corrected chi connectivity index (χ0v) is 19.8. The molecule has 1 saturated heterocycles. The fourth-order valence-corrected chi connectivity index (χ4v) is 6.25.